The average molecular weight is 361 g/mol. The molecule has 136 valence electrons. The molecule has 0 atom stereocenters. The quantitative estimate of drug-likeness (QED) is 0.497. The number of hydrogen-bond acceptors (Lipinski definition) is 5. The van der Waals surface area contributed by atoms with Crippen molar-refractivity contribution in [1.29, 1.82) is 0 Å². The molecule has 0 saturated heterocycles. The zero-order valence-corrected chi connectivity index (χ0v) is 15.2. The molecular weight excluding hydrogens is 342 g/mol. The first-order valence-corrected chi connectivity index (χ1v) is 8.31. The second-order valence-electron chi connectivity index (χ2n) is 6.10. The first-order valence-electron chi connectivity index (χ1n) is 8.31. The van der Waals surface area contributed by atoms with Crippen LogP contribution in [0.1, 0.15) is 12.5 Å². The lowest BCUT2D eigenvalue weighted by molar-refractivity contribution is 0.432. The molecule has 3 rings (SSSR count). The van der Waals surface area contributed by atoms with Gasteiger partial charge in [0, 0.05) is 30.6 Å². The molecule has 0 unspecified atom stereocenters. The van der Waals surface area contributed by atoms with E-state index >= 15 is 0 Å². The van der Waals surface area contributed by atoms with E-state index < -0.39 is 0 Å². The molecule has 0 spiro atoms. The Morgan fingerprint density at radius 2 is 2.15 bits per heavy atom. The Labute approximate surface area is 156 Å². The summed E-state index contributed by atoms with van der Waals surface area (Å²) in [6, 6.07) is 11.0. The zero-order chi connectivity index (χ0) is 19.2. The summed E-state index contributed by atoms with van der Waals surface area (Å²) in [5.41, 5.74) is 3.43. The number of rotatable bonds is 6. The number of nitrogens with zero attached hydrogens (tertiary/aromatic N) is 5. The monoisotopic (exact) mass is 361 g/mol. The maximum Gasteiger partial charge on any atom is 0.259 e. The Kier molecular flexibility index (Phi) is 5.51. The molecule has 0 fully saturated rings. The minimum atomic E-state index is -0.129. The van der Waals surface area contributed by atoms with Crippen LogP contribution in [0.5, 0.6) is 0 Å². The van der Waals surface area contributed by atoms with E-state index in [1.54, 1.807) is 23.0 Å². The van der Waals surface area contributed by atoms with E-state index in [1.165, 1.54) is 12.4 Å². The number of aryl methyl sites for hydroxylation is 1. The predicted octanol–water partition coefficient (Wildman–Crippen LogP) is 3.51. The second kappa shape index (κ2) is 8.18. The summed E-state index contributed by atoms with van der Waals surface area (Å²) in [6.07, 6.45) is 4.67. The largest absolute Gasteiger partial charge is 0.334 e. The summed E-state index contributed by atoms with van der Waals surface area (Å²) >= 11 is 0. The SMILES string of the molecule is C=NC=N/C=C(\C)Cn1cc(-c2nc(-c3cccc(C)c3)no2)ccc1=O. The van der Waals surface area contributed by atoms with Crippen LogP contribution >= 0.6 is 0 Å². The van der Waals surface area contributed by atoms with Crippen molar-refractivity contribution in [3.63, 3.8) is 0 Å². The van der Waals surface area contributed by atoms with Gasteiger partial charge in [-0.1, -0.05) is 28.9 Å². The molecule has 7 nitrogen and oxygen atoms in total. The van der Waals surface area contributed by atoms with E-state index in [1.807, 2.05) is 38.1 Å². The van der Waals surface area contributed by atoms with Crippen molar-refractivity contribution in [2.24, 2.45) is 9.98 Å². The van der Waals surface area contributed by atoms with Gasteiger partial charge in [-0.2, -0.15) is 4.98 Å². The van der Waals surface area contributed by atoms with Gasteiger partial charge < -0.3 is 9.09 Å². The highest BCUT2D eigenvalue weighted by Gasteiger charge is 2.12. The number of aliphatic imine (C=N–C) groups is 2. The van der Waals surface area contributed by atoms with Crippen molar-refractivity contribution in [2.45, 2.75) is 20.4 Å². The minimum Gasteiger partial charge on any atom is -0.334 e. The highest BCUT2D eigenvalue weighted by atomic mass is 16.5. The van der Waals surface area contributed by atoms with Crippen molar-refractivity contribution >= 4 is 13.1 Å². The maximum absolute atomic E-state index is 12.1. The number of allylic oxidation sites excluding steroid dienone is 1. The van der Waals surface area contributed by atoms with Gasteiger partial charge in [0.1, 0.15) is 6.34 Å². The van der Waals surface area contributed by atoms with E-state index in [0.717, 1.165) is 16.7 Å². The van der Waals surface area contributed by atoms with Crippen LogP contribution in [-0.4, -0.2) is 27.8 Å². The molecule has 0 bridgehead atoms. The smallest absolute Gasteiger partial charge is 0.259 e. The summed E-state index contributed by atoms with van der Waals surface area (Å²) in [6.45, 7) is 7.59. The van der Waals surface area contributed by atoms with Gasteiger partial charge in [0.05, 0.1) is 5.56 Å². The number of pyridine rings is 1. The average Bonchev–Trinajstić information content (AvgIpc) is 3.14. The lowest BCUT2D eigenvalue weighted by Gasteiger charge is -2.06. The van der Waals surface area contributed by atoms with Crippen LogP contribution in [0.4, 0.5) is 0 Å². The standard InChI is InChI=1S/C20H19N5O2/c1-14-5-4-6-16(9-14)19-23-20(27-24-19)17-7-8-18(26)25(12-17)11-15(2)10-22-13-21-3/h4-10,12-13H,3,11H2,1-2H3/b15-10+,22-13?. The summed E-state index contributed by atoms with van der Waals surface area (Å²) in [4.78, 5) is 24.1. The van der Waals surface area contributed by atoms with Gasteiger partial charge in [-0.25, -0.2) is 4.99 Å². The van der Waals surface area contributed by atoms with Gasteiger partial charge in [0.15, 0.2) is 0 Å². The van der Waals surface area contributed by atoms with E-state index in [-0.39, 0.29) is 5.56 Å². The molecule has 1 aromatic carbocycles. The van der Waals surface area contributed by atoms with Crippen LogP contribution < -0.4 is 5.56 Å². The highest BCUT2D eigenvalue weighted by Crippen LogP contribution is 2.22. The van der Waals surface area contributed by atoms with Crippen LogP contribution in [0.2, 0.25) is 0 Å². The van der Waals surface area contributed by atoms with Crippen molar-refractivity contribution < 1.29 is 4.52 Å². The third kappa shape index (κ3) is 4.52. The summed E-state index contributed by atoms with van der Waals surface area (Å²) in [5, 5.41) is 4.05. The Balaban J connectivity index is 1.88. The first-order chi connectivity index (χ1) is 13.1. The van der Waals surface area contributed by atoms with Crippen molar-refractivity contribution in [3.8, 4) is 22.8 Å². The molecule has 2 aromatic heterocycles. The lowest BCUT2D eigenvalue weighted by Crippen LogP contribution is -2.19. The van der Waals surface area contributed by atoms with Gasteiger partial charge in [-0.05, 0) is 38.3 Å². The molecule has 0 amide bonds. The Hall–Kier alpha value is -3.61. The lowest BCUT2D eigenvalue weighted by atomic mass is 10.1. The number of aromatic nitrogens is 3. The fraction of sp³-hybridized carbons (Fsp3) is 0.150. The first kappa shape index (κ1) is 18.2. The van der Waals surface area contributed by atoms with Gasteiger partial charge in [0.25, 0.3) is 11.4 Å². The normalized spacial score (nSPS) is 11.9. The molecule has 0 saturated carbocycles. The third-order valence-corrected chi connectivity index (χ3v) is 3.80. The topological polar surface area (TPSA) is 85.6 Å². The molecule has 7 heteroatoms. The summed E-state index contributed by atoms with van der Waals surface area (Å²) in [5.74, 6) is 0.865. The number of benzene rings is 1. The number of hydrogen-bond donors (Lipinski definition) is 0. The Morgan fingerprint density at radius 3 is 2.93 bits per heavy atom. The van der Waals surface area contributed by atoms with E-state index in [2.05, 4.69) is 26.8 Å². The predicted molar refractivity (Wildman–Crippen MR) is 106 cm³/mol. The fourth-order valence-electron chi connectivity index (χ4n) is 2.54. The Bertz CT molecular complexity index is 1080. The molecule has 2 heterocycles. The zero-order valence-electron chi connectivity index (χ0n) is 15.2. The molecular formula is C20H19N5O2. The van der Waals surface area contributed by atoms with Crippen molar-refractivity contribution in [2.75, 3.05) is 0 Å². The van der Waals surface area contributed by atoms with Crippen LogP contribution in [0.3, 0.4) is 0 Å². The molecule has 0 radical (unpaired) electrons. The van der Waals surface area contributed by atoms with E-state index in [4.69, 9.17) is 4.52 Å². The summed E-state index contributed by atoms with van der Waals surface area (Å²) < 4.78 is 6.95. The van der Waals surface area contributed by atoms with Crippen molar-refractivity contribution in [3.05, 3.63) is 70.3 Å². The molecule has 0 N–H and O–H groups in total. The molecule has 27 heavy (non-hydrogen) atoms. The van der Waals surface area contributed by atoms with Gasteiger partial charge in [-0.15, -0.1) is 0 Å². The van der Waals surface area contributed by atoms with E-state index in [9.17, 15) is 4.79 Å². The van der Waals surface area contributed by atoms with Gasteiger partial charge >= 0.3 is 0 Å². The van der Waals surface area contributed by atoms with Crippen LogP contribution in [-0.2, 0) is 6.54 Å². The second-order valence-corrected chi connectivity index (χ2v) is 6.10. The fourth-order valence-corrected chi connectivity index (χ4v) is 2.54. The van der Waals surface area contributed by atoms with Gasteiger partial charge in [-0.3, -0.25) is 9.79 Å². The summed E-state index contributed by atoms with van der Waals surface area (Å²) in [7, 11) is 0. The van der Waals surface area contributed by atoms with Crippen LogP contribution in [0.15, 0.2) is 73.7 Å². The van der Waals surface area contributed by atoms with E-state index in [0.29, 0.717) is 23.8 Å². The molecule has 3 aromatic rings. The maximum atomic E-state index is 12.1. The van der Waals surface area contributed by atoms with Crippen LogP contribution in [0, 0.1) is 6.92 Å². The van der Waals surface area contributed by atoms with Crippen molar-refractivity contribution in [1.82, 2.24) is 14.7 Å². The third-order valence-electron chi connectivity index (χ3n) is 3.80. The molecule has 0 aliphatic rings. The molecule has 0 aliphatic carbocycles. The van der Waals surface area contributed by atoms with Gasteiger partial charge in [0.2, 0.25) is 5.82 Å². The molecule has 0 aliphatic heterocycles. The minimum absolute atomic E-state index is 0.129. The van der Waals surface area contributed by atoms with Crippen LogP contribution in [0.25, 0.3) is 22.8 Å². The highest BCUT2D eigenvalue weighted by molar-refractivity contribution is 5.62. The Morgan fingerprint density at radius 1 is 1.30 bits per heavy atom.